The van der Waals surface area contributed by atoms with E-state index in [1.807, 2.05) is 84.9 Å². The Hall–Kier alpha value is -3.33. The standard InChI is InChI=1S/C24H23NO2/c1-25-17-23(21-12-6-3-7-13-21)24(26)16-20-11-8-14-22(15-20)27-18-19-9-4-2-5-10-19/h2-15,17,25H,16,18H2,1H3/b23-17-. The molecule has 0 saturated heterocycles. The highest BCUT2D eigenvalue weighted by molar-refractivity contribution is 6.21. The first kappa shape index (κ1) is 18.5. The van der Waals surface area contributed by atoms with Crippen LogP contribution in [-0.2, 0) is 17.8 Å². The van der Waals surface area contributed by atoms with Crippen molar-refractivity contribution in [3.63, 3.8) is 0 Å². The van der Waals surface area contributed by atoms with Crippen molar-refractivity contribution in [2.24, 2.45) is 0 Å². The van der Waals surface area contributed by atoms with Crippen LogP contribution < -0.4 is 10.1 Å². The summed E-state index contributed by atoms with van der Waals surface area (Å²) in [6, 6.07) is 27.5. The fourth-order valence-electron chi connectivity index (χ4n) is 2.85. The Balaban J connectivity index is 1.69. The summed E-state index contributed by atoms with van der Waals surface area (Å²) in [4.78, 5) is 12.8. The van der Waals surface area contributed by atoms with Crippen LogP contribution in [0.15, 0.2) is 91.1 Å². The van der Waals surface area contributed by atoms with E-state index in [1.54, 1.807) is 13.2 Å². The van der Waals surface area contributed by atoms with Crippen LogP contribution in [-0.4, -0.2) is 12.8 Å². The highest BCUT2D eigenvalue weighted by atomic mass is 16.5. The quantitative estimate of drug-likeness (QED) is 0.597. The number of hydrogen-bond donors (Lipinski definition) is 1. The molecule has 0 fully saturated rings. The third kappa shape index (κ3) is 5.32. The number of allylic oxidation sites excluding steroid dienone is 1. The van der Waals surface area contributed by atoms with Crippen molar-refractivity contribution in [2.45, 2.75) is 13.0 Å². The van der Waals surface area contributed by atoms with E-state index in [9.17, 15) is 4.79 Å². The van der Waals surface area contributed by atoms with E-state index in [0.29, 0.717) is 18.6 Å². The fourth-order valence-corrected chi connectivity index (χ4v) is 2.85. The molecule has 27 heavy (non-hydrogen) atoms. The molecule has 3 aromatic carbocycles. The Labute approximate surface area is 160 Å². The van der Waals surface area contributed by atoms with Gasteiger partial charge in [-0.2, -0.15) is 0 Å². The molecule has 0 unspecified atom stereocenters. The first-order valence-electron chi connectivity index (χ1n) is 8.98. The number of carbonyl (C=O) groups is 1. The van der Waals surface area contributed by atoms with Gasteiger partial charge in [0.15, 0.2) is 5.78 Å². The topological polar surface area (TPSA) is 38.3 Å². The highest BCUT2D eigenvalue weighted by Crippen LogP contribution is 2.20. The van der Waals surface area contributed by atoms with Gasteiger partial charge < -0.3 is 10.1 Å². The Morgan fingerprint density at radius 2 is 1.56 bits per heavy atom. The molecule has 3 nitrogen and oxygen atoms in total. The van der Waals surface area contributed by atoms with Crippen LogP contribution in [0.5, 0.6) is 5.75 Å². The van der Waals surface area contributed by atoms with Gasteiger partial charge in [-0.3, -0.25) is 4.79 Å². The van der Waals surface area contributed by atoms with Gasteiger partial charge in [0.2, 0.25) is 0 Å². The highest BCUT2D eigenvalue weighted by Gasteiger charge is 2.13. The van der Waals surface area contributed by atoms with Crippen molar-refractivity contribution in [2.75, 3.05) is 7.05 Å². The zero-order valence-corrected chi connectivity index (χ0v) is 15.4. The third-order valence-corrected chi connectivity index (χ3v) is 4.19. The van der Waals surface area contributed by atoms with Crippen LogP contribution in [0.1, 0.15) is 16.7 Å². The second-order valence-corrected chi connectivity index (χ2v) is 6.23. The molecule has 0 saturated carbocycles. The van der Waals surface area contributed by atoms with E-state index in [4.69, 9.17) is 4.74 Å². The van der Waals surface area contributed by atoms with Gasteiger partial charge in [-0.15, -0.1) is 0 Å². The minimum absolute atomic E-state index is 0.0655. The van der Waals surface area contributed by atoms with Crippen LogP contribution >= 0.6 is 0 Å². The zero-order chi connectivity index (χ0) is 18.9. The summed E-state index contributed by atoms with van der Waals surface area (Å²) in [5, 5.41) is 2.98. The monoisotopic (exact) mass is 357 g/mol. The van der Waals surface area contributed by atoms with Crippen LogP contribution in [0.4, 0.5) is 0 Å². The predicted octanol–water partition coefficient (Wildman–Crippen LogP) is 4.64. The molecule has 1 N–H and O–H groups in total. The molecule has 0 aliphatic heterocycles. The lowest BCUT2D eigenvalue weighted by Crippen LogP contribution is -2.09. The van der Waals surface area contributed by atoms with E-state index < -0.39 is 0 Å². The number of ether oxygens (including phenoxy) is 1. The molecule has 0 radical (unpaired) electrons. The van der Waals surface area contributed by atoms with Gasteiger partial charge in [0, 0.05) is 25.2 Å². The largest absolute Gasteiger partial charge is 0.489 e. The number of Topliss-reactive ketones (excluding diaryl/α,β-unsaturated/α-hetero) is 1. The van der Waals surface area contributed by atoms with Crippen LogP contribution in [0.2, 0.25) is 0 Å². The van der Waals surface area contributed by atoms with Gasteiger partial charge in [0.25, 0.3) is 0 Å². The zero-order valence-electron chi connectivity index (χ0n) is 15.4. The molecule has 0 aliphatic carbocycles. The Bertz CT molecular complexity index is 902. The van der Waals surface area contributed by atoms with Gasteiger partial charge >= 0.3 is 0 Å². The van der Waals surface area contributed by atoms with Crippen molar-refractivity contribution in [1.82, 2.24) is 5.32 Å². The van der Waals surface area contributed by atoms with Crippen molar-refractivity contribution < 1.29 is 9.53 Å². The molecule has 0 aromatic heterocycles. The average molecular weight is 357 g/mol. The summed E-state index contributed by atoms with van der Waals surface area (Å²) in [6.45, 7) is 0.507. The van der Waals surface area contributed by atoms with E-state index in [-0.39, 0.29) is 5.78 Å². The number of benzene rings is 3. The van der Waals surface area contributed by atoms with Crippen LogP contribution in [0, 0.1) is 0 Å². The molecule has 3 rings (SSSR count). The lowest BCUT2D eigenvalue weighted by Gasteiger charge is -2.10. The summed E-state index contributed by atoms with van der Waals surface area (Å²) in [7, 11) is 1.80. The predicted molar refractivity (Wildman–Crippen MR) is 109 cm³/mol. The SMILES string of the molecule is CN/C=C(\C(=O)Cc1cccc(OCc2ccccc2)c1)c1ccccc1. The second-order valence-electron chi connectivity index (χ2n) is 6.23. The molecule has 3 heteroatoms. The van der Waals surface area contributed by atoms with Crippen molar-refractivity contribution in [3.05, 3.63) is 108 Å². The smallest absolute Gasteiger partial charge is 0.169 e. The number of nitrogens with one attached hydrogen (secondary N) is 1. The molecule has 0 aliphatic rings. The van der Waals surface area contributed by atoms with Crippen molar-refractivity contribution in [1.29, 1.82) is 0 Å². The maximum Gasteiger partial charge on any atom is 0.169 e. The average Bonchev–Trinajstić information content (AvgIpc) is 2.72. The van der Waals surface area contributed by atoms with Crippen molar-refractivity contribution in [3.8, 4) is 5.75 Å². The Kier molecular flexibility index (Phi) is 6.42. The first-order valence-corrected chi connectivity index (χ1v) is 8.98. The van der Waals surface area contributed by atoms with Crippen molar-refractivity contribution >= 4 is 11.4 Å². The first-order chi connectivity index (χ1) is 13.3. The number of rotatable bonds is 8. The second kappa shape index (κ2) is 9.39. The van der Waals surface area contributed by atoms with Gasteiger partial charge in [0.1, 0.15) is 12.4 Å². The minimum atomic E-state index is 0.0655. The lowest BCUT2D eigenvalue weighted by atomic mass is 9.97. The lowest BCUT2D eigenvalue weighted by molar-refractivity contribution is -0.113. The molecule has 0 bridgehead atoms. The van der Waals surface area contributed by atoms with Gasteiger partial charge in [-0.25, -0.2) is 0 Å². The molecule has 0 heterocycles. The third-order valence-electron chi connectivity index (χ3n) is 4.19. The molecule has 3 aromatic rings. The van der Waals surface area contributed by atoms with Gasteiger partial charge in [-0.05, 0) is 28.8 Å². The summed E-state index contributed by atoms with van der Waals surface area (Å²) in [5.74, 6) is 0.832. The fraction of sp³-hybridized carbons (Fsp3) is 0.125. The van der Waals surface area contributed by atoms with E-state index in [1.165, 1.54) is 0 Å². The molecule has 0 spiro atoms. The van der Waals surface area contributed by atoms with E-state index in [0.717, 1.165) is 22.4 Å². The van der Waals surface area contributed by atoms with Crippen LogP contribution in [0.3, 0.4) is 0 Å². The number of ketones is 1. The minimum Gasteiger partial charge on any atom is -0.489 e. The van der Waals surface area contributed by atoms with E-state index in [2.05, 4.69) is 5.32 Å². The molecule has 0 atom stereocenters. The maximum atomic E-state index is 12.8. The molecular formula is C24H23NO2. The van der Waals surface area contributed by atoms with Gasteiger partial charge in [0.05, 0.1) is 0 Å². The van der Waals surface area contributed by atoms with Crippen LogP contribution in [0.25, 0.3) is 5.57 Å². The Morgan fingerprint density at radius 1 is 0.889 bits per heavy atom. The summed E-state index contributed by atoms with van der Waals surface area (Å²) in [6.07, 6.45) is 2.08. The molecule has 136 valence electrons. The molecule has 0 amide bonds. The summed E-state index contributed by atoms with van der Waals surface area (Å²) >= 11 is 0. The maximum absolute atomic E-state index is 12.8. The summed E-state index contributed by atoms with van der Waals surface area (Å²) in [5.41, 5.74) is 3.63. The van der Waals surface area contributed by atoms with E-state index >= 15 is 0 Å². The Morgan fingerprint density at radius 3 is 2.26 bits per heavy atom. The number of carbonyl (C=O) groups excluding carboxylic acids is 1. The number of hydrogen-bond acceptors (Lipinski definition) is 3. The normalized spacial score (nSPS) is 11.1. The molecular weight excluding hydrogens is 334 g/mol. The summed E-state index contributed by atoms with van der Waals surface area (Å²) < 4.78 is 5.87. The van der Waals surface area contributed by atoms with Gasteiger partial charge in [-0.1, -0.05) is 72.8 Å².